The van der Waals surface area contributed by atoms with Gasteiger partial charge in [0, 0.05) is 5.41 Å². The van der Waals surface area contributed by atoms with Gasteiger partial charge in [-0.05, 0) is 5.56 Å². The maximum atomic E-state index is 12.0. The van der Waals surface area contributed by atoms with Gasteiger partial charge in [-0.3, -0.25) is 4.79 Å². The minimum atomic E-state index is -1.20. The highest BCUT2D eigenvalue weighted by Crippen LogP contribution is 2.26. The lowest BCUT2D eigenvalue weighted by Gasteiger charge is -2.34. The van der Waals surface area contributed by atoms with E-state index in [9.17, 15) is 9.90 Å². The average Bonchev–Trinajstić information content (AvgIpc) is 2.38. The highest BCUT2D eigenvalue weighted by Gasteiger charge is 2.35. The smallest absolute Gasteiger partial charge is 0.221 e. The molecule has 1 aliphatic heterocycles. The van der Waals surface area contributed by atoms with E-state index in [4.69, 9.17) is 9.47 Å². The van der Waals surface area contributed by atoms with Crippen molar-refractivity contribution in [3.63, 3.8) is 0 Å². The fraction of sp³-hybridized carbons (Fsp3) is 0.500. The van der Waals surface area contributed by atoms with Crippen molar-refractivity contribution in [2.24, 2.45) is 5.41 Å². The normalized spacial score (nSPS) is 21.5. The molecular weight excluding hydrogens is 232 g/mol. The molecule has 1 aliphatic rings. The van der Waals surface area contributed by atoms with Crippen LogP contribution in [0.15, 0.2) is 30.3 Å². The van der Waals surface area contributed by atoms with Crippen LogP contribution < -0.4 is 0 Å². The number of Topliss-reactive ketones (excluding diaryl/α,β-unsaturated/α-hetero) is 1. The minimum Gasteiger partial charge on any atom is -0.380 e. The van der Waals surface area contributed by atoms with Gasteiger partial charge in [0.15, 0.2) is 0 Å². The van der Waals surface area contributed by atoms with E-state index in [1.807, 2.05) is 19.9 Å². The van der Waals surface area contributed by atoms with Crippen molar-refractivity contribution in [1.82, 2.24) is 0 Å². The number of rotatable bonds is 3. The zero-order chi connectivity index (χ0) is 13.2. The Morgan fingerprint density at radius 3 is 2.39 bits per heavy atom. The average molecular weight is 250 g/mol. The van der Waals surface area contributed by atoms with E-state index in [0.717, 1.165) is 0 Å². The lowest BCUT2D eigenvalue weighted by Crippen LogP contribution is -2.43. The van der Waals surface area contributed by atoms with Gasteiger partial charge in [-0.15, -0.1) is 0 Å². The first kappa shape index (κ1) is 13.2. The summed E-state index contributed by atoms with van der Waals surface area (Å²) >= 11 is 0. The van der Waals surface area contributed by atoms with Gasteiger partial charge in [0.05, 0.1) is 13.2 Å². The van der Waals surface area contributed by atoms with Gasteiger partial charge < -0.3 is 14.6 Å². The zero-order valence-electron chi connectivity index (χ0n) is 10.6. The lowest BCUT2D eigenvalue weighted by atomic mass is 9.95. The number of aliphatic hydroxyl groups is 1. The molecule has 1 saturated heterocycles. The predicted octanol–water partition coefficient (Wildman–Crippen LogP) is 1.69. The number of ketones is 1. The molecule has 1 heterocycles. The zero-order valence-corrected chi connectivity index (χ0v) is 10.6. The van der Waals surface area contributed by atoms with Crippen LogP contribution in [0, 0.1) is 5.41 Å². The van der Waals surface area contributed by atoms with Crippen LogP contribution in [0.2, 0.25) is 0 Å². The van der Waals surface area contributed by atoms with Gasteiger partial charge in [0.1, 0.15) is 6.10 Å². The summed E-state index contributed by atoms with van der Waals surface area (Å²) in [6, 6.07) is 8.79. The van der Waals surface area contributed by atoms with Crippen LogP contribution in [-0.4, -0.2) is 30.4 Å². The Morgan fingerprint density at radius 2 is 1.83 bits per heavy atom. The van der Waals surface area contributed by atoms with Crippen molar-refractivity contribution in [3.05, 3.63) is 35.9 Å². The SMILES string of the molecule is CC1(C)COC(C(=O)C(O)c2ccccc2)OC1. The standard InChI is InChI=1S/C14H18O4/c1-14(2)8-17-13(18-9-14)12(16)11(15)10-6-4-3-5-7-10/h3-7,11,13,15H,8-9H2,1-2H3. The van der Waals surface area contributed by atoms with Crippen LogP contribution in [0.25, 0.3) is 0 Å². The van der Waals surface area contributed by atoms with Crippen molar-refractivity contribution >= 4 is 5.78 Å². The topological polar surface area (TPSA) is 55.8 Å². The molecule has 98 valence electrons. The maximum Gasteiger partial charge on any atom is 0.221 e. The maximum absolute atomic E-state index is 12.0. The van der Waals surface area contributed by atoms with Gasteiger partial charge in [0.2, 0.25) is 12.1 Å². The largest absolute Gasteiger partial charge is 0.380 e. The molecule has 0 aliphatic carbocycles. The van der Waals surface area contributed by atoms with E-state index in [-0.39, 0.29) is 5.41 Å². The Bertz CT molecular complexity index is 403. The number of aliphatic hydroxyl groups excluding tert-OH is 1. The molecule has 0 amide bonds. The molecule has 1 aromatic carbocycles. The summed E-state index contributed by atoms with van der Waals surface area (Å²) in [5.74, 6) is -0.447. The number of hydrogen-bond acceptors (Lipinski definition) is 4. The van der Waals surface area contributed by atoms with Crippen molar-refractivity contribution in [3.8, 4) is 0 Å². The molecule has 4 nitrogen and oxygen atoms in total. The first-order chi connectivity index (χ1) is 8.49. The summed E-state index contributed by atoms with van der Waals surface area (Å²) < 4.78 is 10.7. The van der Waals surface area contributed by atoms with Crippen LogP contribution >= 0.6 is 0 Å². The number of carbonyl (C=O) groups is 1. The Balaban J connectivity index is 2.00. The number of ether oxygens (including phenoxy) is 2. The third-order valence-corrected chi connectivity index (χ3v) is 2.87. The minimum absolute atomic E-state index is 0.0888. The van der Waals surface area contributed by atoms with Crippen molar-refractivity contribution in [2.75, 3.05) is 13.2 Å². The molecule has 1 fully saturated rings. The number of benzene rings is 1. The molecule has 1 aromatic rings. The molecule has 0 radical (unpaired) electrons. The van der Waals surface area contributed by atoms with Gasteiger partial charge in [-0.1, -0.05) is 44.2 Å². The van der Waals surface area contributed by atoms with Gasteiger partial charge in [-0.2, -0.15) is 0 Å². The Morgan fingerprint density at radius 1 is 1.28 bits per heavy atom. The van der Waals surface area contributed by atoms with Crippen LogP contribution in [0.5, 0.6) is 0 Å². The molecule has 4 heteroatoms. The van der Waals surface area contributed by atoms with E-state index in [1.54, 1.807) is 24.3 Å². The van der Waals surface area contributed by atoms with Crippen LogP contribution in [0.3, 0.4) is 0 Å². The molecule has 1 unspecified atom stereocenters. The van der Waals surface area contributed by atoms with E-state index < -0.39 is 18.2 Å². The Labute approximate surface area is 107 Å². The van der Waals surface area contributed by atoms with Gasteiger partial charge in [0.25, 0.3) is 0 Å². The van der Waals surface area contributed by atoms with Gasteiger partial charge >= 0.3 is 0 Å². The quantitative estimate of drug-likeness (QED) is 0.887. The van der Waals surface area contributed by atoms with Crippen molar-refractivity contribution < 1.29 is 19.4 Å². The molecule has 2 rings (SSSR count). The van der Waals surface area contributed by atoms with Crippen molar-refractivity contribution in [1.29, 1.82) is 0 Å². The molecule has 1 N–H and O–H groups in total. The fourth-order valence-corrected chi connectivity index (χ4v) is 1.79. The van der Waals surface area contributed by atoms with Crippen LogP contribution in [-0.2, 0) is 14.3 Å². The second kappa shape index (κ2) is 5.18. The summed E-state index contributed by atoms with van der Waals surface area (Å²) in [6.45, 7) is 4.90. The molecule has 0 saturated carbocycles. The van der Waals surface area contributed by atoms with E-state index in [0.29, 0.717) is 18.8 Å². The van der Waals surface area contributed by atoms with Crippen LogP contribution in [0.4, 0.5) is 0 Å². The molecule has 0 aromatic heterocycles. The second-order valence-corrected chi connectivity index (χ2v) is 5.33. The number of hydrogen-bond donors (Lipinski definition) is 1. The number of carbonyl (C=O) groups excluding carboxylic acids is 1. The first-order valence-electron chi connectivity index (χ1n) is 5.99. The van der Waals surface area contributed by atoms with Gasteiger partial charge in [-0.25, -0.2) is 0 Å². The molecule has 18 heavy (non-hydrogen) atoms. The second-order valence-electron chi connectivity index (χ2n) is 5.33. The summed E-state index contributed by atoms with van der Waals surface area (Å²) in [7, 11) is 0. The summed E-state index contributed by atoms with van der Waals surface area (Å²) in [6.07, 6.45) is -2.16. The predicted molar refractivity (Wildman–Crippen MR) is 65.9 cm³/mol. The molecule has 0 spiro atoms. The van der Waals surface area contributed by atoms with Crippen LogP contribution in [0.1, 0.15) is 25.5 Å². The van der Waals surface area contributed by atoms with E-state index in [2.05, 4.69) is 0 Å². The summed E-state index contributed by atoms with van der Waals surface area (Å²) in [5.41, 5.74) is 0.466. The highest BCUT2D eigenvalue weighted by atomic mass is 16.7. The summed E-state index contributed by atoms with van der Waals surface area (Å²) in [5, 5.41) is 9.96. The fourth-order valence-electron chi connectivity index (χ4n) is 1.79. The molecule has 1 atom stereocenters. The lowest BCUT2D eigenvalue weighted by molar-refractivity contribution is -0.222. The van der Waals surface area contributed by atoms with Crippen molar-refractivity contribution in [2.45, 2.75) is 26.2 Å². The monoisotopic (exact) mass is 250 g/mol. The third kappa shape index (κ3) is 2.96. The molecular formula is C14H18O4. The Kier molecular flexibility index (Phi) is 3.80. The van der Waals surface area contributed by atoms with E-state index >= 15 is 0 Å². The molecule has 0 bridgehead atoms. The third-order valence-electron chi connectivity index (χ3n) is 2.87. The van der Waals surface area contributed by atoms with E-state index in [1.165, 1.54) is 0 Å². The highest BCUT2D eigenvalue weighted by molar-refractivity contribution is 5.87. The summed E-state index contributed by atoms with van der Waals surface area (Å²) in [4.78, 5) is 12.0. The Hall–Kier alpha value is -1.23. The first-order valence-corrected chi connectivity index (χ1v) is 5.99.